The molecule has 1 amide bonds. The van der Waals surface area contributed by atoms with Crippen LogP contribution in [0.3, 0.4) is 0 Å². The van der Waals surface area contributed by atoms with Crippen LogP contribution < -0.4 is 10.6 Å². The normalized spacial score (nSPS) is 16.4. The third-order valence-electron chi connectivity index (χ3n) is 5.03. The van der Waals surface area contributed by atoms with Gasteiger partial charge in [0.2, 0.25) is 0 Å². The second-order valence-corrected chi connectivity index (χ2v) is 6.94. The Morgan fingerprint density at radius 2 is 1.85 bits per heavy atom. The molecule has 1 fully saturated rings. The Morgan fingerprint density at radius 3 is 2.56 bits per heavy atom. The molecule has 2 heterocycles. The van der Waals surface area contributed by atoms with Crippen molar-refractivity contribution in [2.24, 2.45) is 5.92 Å². The summed E-state index contributed by atoms with van der Waals surface area (Å²) in [6.45, 7) is 2.83. The van der Waals surface area contributed by atoms with Gasteiger partial charge in [0, 0.05) is 18.3 Å². The first-order chi connectivity index (χ1) is 13.3. The van der Waals surface area contributed by atoms with Gasteiger partial charge in [-0.05, 0) is 44.0 Å². The predicted octanol–water partition coefficient (Wildman–Crippen LogP) is 3.27. The maximum absolute atomic E-state index is 12.9. The Morgan fingerprint density at radius 1 is 1.11 bits per heavy atom. The van der Waals surface area contributed by atoms with Gasteiger partial charge in [-0.15, -0.1) is 0 Å². The highest BCUT2D eigenvalue weighted by Gasteiger charge is 2.19. The molecule has 1 aliphatic heterocycles. The molecule has 2 aromatic carbocycles. The predicted molar refractivity (Wildman–Crippen MR) is 107 cm³/mol. The zero-order valence-corrected chi connectivity index (χ0v) is 15.3. The zero-order chi connectivity index (χ0) is 18.5. The second-order valence-electron chi connectivity index (χ2n) is 6.94. The number of carbonyl (C=O) groups is 1. The quantitative estimate of drug-likeness (QED) is 0.709. The molecule has 2 N–H and O–H groups in total. The van der Waals surface area contributed by atoms with Gasteiger partial charge in [-0.1, -0.05) is 48.5 Å². The van der Waals surface area contributed by atoms with Crippen LogP contribution >= 0.6 is 0 Å². The number of hydrogen-bond acceptors (Lipinski definition) is 3. The summed E-state index contributed by atoms with van der Waals surface area (Å²) in [7, 11) is 0. The van der Waals surface area contributed by atoms with Crippen LogP contribution in [0.25, 0.3) is 16.9 Å². The Bertz CT molecular complexity index is 883. The lowest BCUT2D eigenvalue weighted by Crippen LogP contribution is -2.26. The van der Waals surface area contributed by atoms with E-state index in [1.165, 1.54) is 6.42 Å². The minimum absolute atomic E-state index is 0.0676. The third kappa shape index (κ3) is 4.09. The fourth-order valence-corrected chi connectivity index (χ4v) is 3.51. The molecular formula is C22H24N4O. The molecule has 3 aromatic rings. The molecule has 1 aromatic heterocycles. The van der Waals surface area contributed by atoms with Gasteiger partial charge in [-0.3, -0.25) is 4.79 Å². The molecule has 0 bridgehead atoms. The summed E-state index contributed by atoms with van der Waals surface area (Å²) in [6.07, 6.45) is 4.02. The van der Waals surface area contributed by atoms with Gasteiger partial charge in [0.05, 0.1) is 11.3 Å². The number of carbonyl (C=O) groups excluding carboxylic acids is 1. The number of nitrogens with zero attached hydrogens (tertiary/aromatic N) is 2. The first-order valence-electron chi connectivity index (χ1n) is 9.50. The Labute approximate surface area is 159 Å². The van der Waals surface area contributed by atoms with Crippen molar-refractivity contribution in [1.29, 1.82) is 0 Å². The highest BCUT2D eigenvalue weighted by molar-refractivity contribution is 5.99. The topological polar surface area (TPSA) is 59.0 Å². The molecule has 5 heteroatoms. The maximum Gasteiger partial charge on any atom is 0.255 e. The van der Waals surface area contributed by atoms with Crippen molar-refractivity contribution >= 4 is 5.91 Å². The number of nitrogens with one attached hydrogen (secondary N) is 2. The Hall–Kier alpha value is -2.92. The largest absolute Gasteiger partial charge is 0.352 e. The number of aromatic nitrogens is 2. The number of benzene rings is 2. The lowest BCUT2D eigenvalue weighted by Gasteiger charge is -2.09. The van der Waals surface area contributed by atoms with Gasteiger partial charge >= 0.3 is 0 Å². The van der Waals surface area contributed by atoms with Crippen LogP contribution in [0.2, 0.25) is 0 Å². The van der Waals surface area contributed by atoms with Crippen molar-refractivity contribution in [3.05, 3.63) is 72.4 Å². The monoisotopic (exact) mass is 360 g/mol. The molecule has 1 unspecified atom stereocenters. The van der Waals surface area contributed by atoms with E-state index in [0.717, 1.165) is 30.8 Å². The summed E-state index contributed by atoms with van der Waals surface area (Å²) < 4.78 is 1.78. The van der Waals surface area contributed by atoms with E-state index in [4.69, 9.17) is 5.10 Å². The lowest BCUT2D eigenvalue weighted by atomic mass is 10.0. The summed E-state index contributed by atoms with van der Waals surface area (Å²) >= 11 is 0. The van der Waals surface area contributed by atoms with Gasteiger partial charge in [0.1, 0.15) is 5.69 Å². The van der Waals surface area contributed by atoms with Crippen LogP contribution in [-0.2, 0) is 0 Å². The zero-order valence-electron chi connectivity index (χ0n) is 15.3. The van der Waals surface area contributed by atoms with Gasteiger partial charge < -0.3 is 10.6 Å². The standard InChI is InChI=1S/C22H24N4O/c27-22(24-14-12-17-11-13-23-15-17)20-16-26(19-9-5-2-6-10-19)25-21(20)18-7-3-1-4-8-18/h1-10,16-17,23H,11-15H2,(H,24,27). The van der Waals surface area contributed by atoms with E-state index in [1.54, 1.807) is 4.68 Å². The Balaban J connectivity index is 1.57. The molecule has 0 spiro atoms. The molecule has 0 radical (unpaired) electrons. The average molecular weight is 360 g/mol. The van der Waals surface area contributed by atoms with E-state index < -0.39 is 0 Å². The minimum Gasteiger partial charge on any atom is -0.352 e. The SMILES string of the molecule is O=C(NCCC1CCNC1)c1cn(-c2ccccc2)nc1-c1ccccc1. The molecule has 5 nitrogen and oxygen atoms in total. The van der Waals surface area contributed by atoms with Crippen LogP contribution in [0.15, 0.2) is 66.9 Å². The highest BCUT2D eigenvalue weighted by Crippen LogP contribution is 2.23. The molecule has 138 valence electrons. The third-order valence-corrected chi connectivity index (χ3v) is 5.03. The summed E-state index contributed by atoms with van der Waals surface area (Å²) in [5.41, 5.74) is 3.19. The van der Waals surface area contributed by atoms with E-state index in [1.807, 2.05) is 66.9 Å². The van der Waals surface area contributed by atoms with Crippen molar-refractivity contribution in [2.45, 2.75) is 12.8 Å². The second kappa shape index (κ2) is 8.18. The smallest absolute Gasteiger partial charge is 0.255 e. The molecule has 27 heavy (non-hydrogen) atoms. The van der Waals surface area contributed by atoms with Gasteiger partial charge in [-0.25, -0.2) is 4.68 Å². The molecule has 1 aliphatic rings. The highest BCUT2D eigenvalue weighted by atomic mass is 16.1. The van der Waals surface area contributed by atoms with Crippen LogP contribution in [0.4, 0.5) is 0 Å². The Kier molecular flexibility index (Phi) is 5.30. The fourth-order valence-electron chi connectivity index (χ4n) is 3.51. The molecular weight excluding hydrogens is 336 g/mol. The van der Waals surface area contributed by atoms with Crippen molar-refractivity contribution in [2.75, 3.05) is 19.6 Å². The first-order valence-corrected chi connectivity index (χ1v) is 9.50. The number of rotatable bonds is 6. The van der Waals surface area contributed by atoms with E-state index in [-0.39, 0.29) is 5.91 Å². The molecule has 0 aliphatic carbocycles. The summed E-state index contributed by atoms with van der Waals surface area (Å²) in [5.74, 6) is 0.591. The summed E-state index contributed by atoms with van der Waals surface area (Å²) in [6, 6.07) is 19.7. The minimum atomic E-state index is -0.0676. The number of hydrogen-bond donors (Lipinski definition) is 2. The number of para-hydroxylation sites is 1. The molecule has 4 rings (SSSR count). The van der Waals surface area contributed by atoms with Gasteiger partial charge in [0.15, 0.2) is 0 Å². The van der Waals surface area contributed by atoms with E-state index in [0.29, 0.717) is 23.7 Å². The maximum atomic E-state index is 12.9. The van der Waals surface area contributed by atoms with Crippen LogP contribution in [-0.4, -0.2) is 35.3 Å². The van der Waals surface area contributed by atoms with Crippen LogP contribution in [0, 0.1) is 5.92 Å². The van der Waals surface area contributed by atoms with E-state index >= 15 is 0 Å². The van der Waals surface area contributed by atoms with Crippen LogP contribution in [0.1, 0.15) is 23.2 Å². The molecule has 1 atom stereocenters. The average Bonchev–Trinajstić information content (AvgIpc) is 3.39. The first kappa shape index (κ1) is 17.5. The summed E-state index contributed by atoms with van der Waals surface area (Å²) in [4.78, 5) is 12.9. The van der Waals surface area contributed by atoms with Gasteiger partial charge in [0.25, 0.3) is 5.91 Å². The van der Waals surface area contributed by atoms with Crippen LogP contribution in [0.5, 0.6) is 0 Å². The van der Waals surface area contributed by atoms with Crippen molar-refractivity contribution < 1.29 is 4.79 Å². The van der Waals surface area contributed by atoms with E-state index in [2.05, 4.69) is 10.6 Å². The van der Waals surface area contributed by atoms with Crippen molar-refractivity contribution in [1.82, 2.24) is 20.4 Å². The summed E-state index contributed by atoms with van der Waals surface area (Å²) in [5, 5.41) is 11.2. The van der Waals surface area contributed by atoms with Crippen molar-refractivity contribution in [3.8, 4) is 16.9 Å². The van der Waals surface area contributed by atoms with Crippen molar-refractivity contribution in [3.63, 3.8) is 0 Å². The van der Waals surface area contributed by atoms with E-state index in [9.17, 15) is 4.79 Å². The molecule has 1 saturated heterocycles. The molecule has 0 saturated carbocycles. The van der Waals surface area contributed by atoms with Gasteiger partial charge in [-0.2, -0.15) is 5.10 Å². The lowest BCUT2D eigenvalue weighted by molar-refractivity contribution is 0.0952. The number of amides is 1. The fraction of sp³-hybridized carbons (Fsp3) is 0.273.